The molecule has 1 nitrogen and oxygen atoms in total. The quantitative estimate of drug-likeness (QED) is 0.571. The smallest absolute Gasteiger partial charge is 0.114 e. The van der Waals surface area contributed by atoms with Crippen LogP contribution >= 0.6 is 0 Å². The summed E-state index contributed by atoms with van der Waals surface area (Å²) in [4.78, 5) is 2.17. The van der Waals surface area contributed by atoms with Gasteiger partial charge in [0.15, 0.2) is 0 Å². The Morgan fingerprint density at radius 3 is 2.09 bits per heavy atom. The van der Waals surface area contributed by atoms with Crippen LogP contribution in [0.4, 0.5) is 4.39 Å². The Morgan fingerprint density at radius 1 is 1.36 bits per heavy atom. The van der Waals surface area contributed by atoms with Gasteiger partial charge in [0.25, 0.3) is 0 Å². The summed E-state index contributed by atoms with van der Waals surface area (Å²) in [6.45, 7) is 9.81. The van der Waals surface area contributed by atoms with Gasteiger partial charge in [-0.25, -0.2) is 4.39 Å². The van der Waals surface area contributed by atoms with Crippen molar-refractivity contribution < 1.29 is 4.39 Å². The summed E-state index contributed by atoms with van der Waals surface area (Å²) in [5.74, 6) is 0. The first-order valence-corrected chi connectivity index (χ1v) is 4.58. The number of nitrogens with zero attached hydrogens (tertiary/aromatic N) is 1. The zero-order valence-corrected chi connectivity index (χ0v) is 8.10. The Bertz CT molecular complexity index is 93.6. The van der Waals surface area contributed by atoms with Crippen molar-refractivity contribution >= 4 is 0 Å². The highest BCUT2D eigenvalue weighted by Gasteiger charge is 2.22. The molecular formula is C9H20FN. The lowest BCUT2D eigenvalue weighted by molar-refractivity contribution is 0.246. The van der Waals surface area contributed by atoms with Gasteiger partial charge in [0, 0.05) is 19.1 Å². The standard InChI is InChI=1S/C7H14FN.C2H6/c1-6(2)9-4-3-7(8)5-9;1-2/h6-7H,3-5H2,1-2H3;1-2H3/t7-;/m1./s1. The van der Waals surface area contributed by atoms with Crippen molar-refractivity contribution in [3.8, 4) is 0 Å². The third kappa shape index (κ3) is 3.71. The highest BCUT2D eigenvalue weighted by atomic mass is 19.1. The fourth-order valence-corrected chi connectivity index (χ4v) is 1.21. The molecule has 1 atom stereocenters. The van der Waals surface area contributed by atoms with Gasteiger partial charge < -0.3 is 0 Å². The topological polar surface area (TPSA) is 3.24 Å². The van der Waals surface area contributed by atoms with Crippen LogP contribution in [0.1, 0.15) is 34.1 Å². The molecule has 0 aliphatic carbocycles. The van der Waals surface area contributed by atoms with Gasteiger partial charge in [-0.3, -0.25) is 4.90 Å². The minimum atomic E-state index is -0.563. The molecule has 0 spiro atoms. The molecule has 0 N–H and O–H groups in total. The van der Waals surface area contributed by atoms with Gasteiger partial charge in [0.05, 0.1) is 0 Å². The summed E-state index contributed by atoms with van der Waals surface area (Å²) < 4.78 is 12.5. The third-order valence-corrected chi connectivity index (χ3v) is 1.89. The van der Waals surface area contributed by atoms with Gasteiger partial charge in [0.1, 0.15) is 6.17 Å². The van der Waals surface area contributed by atoms with Crippen LogP contribution in [0.2, 0.25) is 0 Å². The number of hydrogen-bond acceptors (Lipinski definition) is 1. The van der Waals surface area contributed by atoms with E-state index >= 15 is 0 Å². The minimum absolute atomic E-state index is 0.519. The molecule has 0 radical (unpaired) electrons. The van der Waals surface area contributed by atoms with E-state index in [-0.39, 0.29) is 0 Å². The van der Waals surface area contributed by atoms with Crippen LogP contribution in [0, 0.1) is 0 Å². The highest BCUT2D eigenvalue weighted by Crippen LogP contribution is 2.14. The van der Waals surface area contributed by atoms with Crippen LogP contribution in [0.3, 0.4) is 0 Å². The second kappa shape index (κ2) is 5.53. The molecule has 0 amide bonds. The predicted octanol–water partition coefficient (Wildman–Crippen LogP) is 2.46. The van der Waals surface area contributed by atoms with Gasteiger partial charge in [-0.2, -0.15) is 0 Å². The summed E-state index contributed by atoms with van der Waals surface area (Å²) in [5.41, 5.74) is 0. The van der Waals surface area contributed by atoms with Gasteiger partial charge >= 0.3 is 0 Å². The lowest BCUT2D eigenvalue weighted by atomic mass is 10.3. The first kappa shape index (κ1) is 10.9. The molecule has 1 saturated heterocycles. The molecule has 1 aliphatic heterocycles. The molecule has 1 rings (SSSR count). The zero-order valence-electron chi connectivity index (χ0n) is 8.10. The fraction of sp³-hybridized carbons (Fsp3) is 1.00. The third-order valence-electron chi connectivity index (χ3n) is 1.89. The maximum atomic E-state index is 12.5. The van der Waals surface area contributed by atoms with E-state index in [1.807, 2.05) is 13.8 Å². The van der Waals surface area contributed by atoms with Gasteiger partial charge in [-0.15, -0.1) is 0 Å². The Morgan fingerprint density at radius 2 is 1.91 bits per heavy atom. The molecule has 1 heterocycles. The van der Waals surface area contributed by atoms with E-state index in [4.69, 9.17) is 0 Å². The molecule has 0 unspecified atom stereocenters. The molecule has 11 heavy (non-hydrogen) atoms. The zero-order chi connectivity index (χ0) is 8.85. The van der Waals surface area contributed by atoms with Crippen LogP contribution in [-0.4, -0.2) is 30.2 Å². The van der Waals surface area contributed by atoms with Crippen molar-refractivity contribution in [2.45, 2.75) is 46.3 Å². The number of rotatable bonds is 1. The number of likely N-dealkylation sites (tertiary alicyclic amines) is 1. The second-order valence-corrected chi connectivity index (χ2v) is 2.97. The molecule has 0 bridgehead atoms. The molecule has 0 aromatic rings. The first-order valence-electron chi connectivity index (χ1n) is 4.58. The lowest BCUT2D eigenvalue weighted by Gasteiger charge is -2.18. The van der Waals surface area contributed by atoms with E-state index in [1.165, 1.54) is 0 Å². The predicted molar refractivity (Wildman–Crippen MR) is 47.6 cm³/mol. The number of halogens is 1. The summed E-state index contributed by atoms with van der Waals surface area (Å²) >= 11 is 0. The number of alkyl halides is 1. The Balaban J connectivity index is 0.000000461. The van der Waals surface area contributed by atoms with Gasteiger partial charge in [-0.1, -0.05) is 13.8 Å². The SMILES string of the molecule is CC.CC(C)N1CC[C@@H](F)C1. The van der Waals surface area contributed by atoms with Crippen LogP contribution in [-0.2, 0) is 0 Å². The molecule has 1 aliphatic rings. The van der Waals surface area contributed by atoms with E-state index in [0.717, 1.165) is 13.0 Å². The summed E-state index contributed by atoms with van der Waals surface area (Å²) in [5, 5.41) is 0. The maximum Gasteiger partial charge on any atom is 0.114 e. The molecule has 68 valence electrons. The van der Waals surface area contributed by atoms with E-state index in [9.17, 15) is 4.39 Å². The average molecular weight is 161 g/mol. The largest absolute Gasteiger partial charge is 0.298 e. The Hall–Kier alpha value is -0.110. The van der Waals surface area contributed by atoms with Crippen molar-refractivity contribution in [3.05, 3.63) is 0 Å². The fourth-order valence-electron chi connectivity index (χ4n) is 1.21. The van der Waals surface area contributed by atoms with Crippen LogP contribution in [0.25, 0.3) is 0 Å². The average Bonchev–Trinajstić information content (AvgIpc) is 2.40. The molecule has 0 aromatic heterocycles. The summed E-state index contributed by atoms with van der Waals surface area (Å²) in [6, 6.07) is 0.519. The van der Waals surface area contributed by atoms with Crippen molar-refractivity contribution in [2.24, 2.45) is 0 Å². The monoisotopic (exact) mass is 161 g/mol. The summed E-state index contributed by atoms with van der Waals surface area (Å²) in [7, 11) is 0. The Labute approximate surface area is 69.6 Å². The van der Waals surface area contributed by atoms with E-state index in [2.05, 4.69) is 18.7 Å². The number of hydrogen-bond donors (Lipinski definition) is 0. The first-order chi connectivity index (χ1) is 5.20. The lowest BCUT2D eigenvalue weighted by Crippen LogP contribution is -2.28. The van der Waals surface area contributed by atoms with Gasteiger partial charge in [-0.05, 0) is 20.3 Å². The van der Waals surface area contributed by atoms with Gasteiger partial charge in [0.2, 0.25) is 0 Å². The van der Waals surface area contributed by atoms with Crippen molar-refractivity contribution in [2.75, 3.05) is 13.1 Å². The normalized spacial score (nSPS) is 25.1. The van der Waals surface area contributed by atoms with Crippen LogP contribution in [0.5, 0.6) is 0 Å². The van der Waals surface area contributed by atoms with E-state index in [1.54, 1.807) is 0 Å². The Kier molecular flexibility index (Phi) is 5.47. The second-order valence-electron chi connectivity index (χ2n) is 2.97. The van der Waals surface area contributed by atoms with Crippen molar-refractivity contribution in [3.63, 3.8) is 0 Å². The van der Waals surface area contributed by atoms with E-state index < -0.39 is 6.17 Å². The van der Waals surface area contributed by atoms with Crippen LogP contribution < -0.4 is 0 Å². The van der Waals surface area contributed by atoms with E-state index in [0.29, 0.717) is 12.6 Å². The van der Waals surface area contributed by atoms with Crippen molar-refractivity contribution in [1.29, 1.82) is 0 Å². The molecule has 1 fully saturated rings. The highest BCUT2D eigenvalue weighted by molar-refractivity contribution is 4.76. The summed E-state index contributed by atoms with van der Waals surface area (Å²) in [6.07, 6.45) is 0.172. The molecular weight excluding hydrogens is 141 g/mol. The molecule has 0 saturated carbocycles. The van der Waals surface area contributed by atoms with Crippen molar-refractivity contribution in [1.82, 2.24) is 4.90 Å². The molecule has 0 aromatic carbocycles. The molecule has 2 heteroatoms. The van der Waals surface area contributed by atoms with Crippen LogP contribution in [0.15, 0.2) is 0 Å². The minimum Gasteiger partial charge on any atom is -0.298 e. The maximum absolute atomic E-state index is 12.5.